The summed E-state index contributed by atoms with van der Waals surface area (Å²) in [6.45, 7) is 0.984. The van der Waals surface area contributed by atoms with Crippen LogP contribution in [0.1, 0.15) is 12.8 Å². The Bertz CT molecular complexity index is 107. The van der Waals surface area contributed by atoms with Gasteiger partial charge >= 0.3 is 0 Å². The van der Waals surface area contributed by atoms with Crippen molar-refractivity contribution < 1.29 is 0 Å². The lowest BCUT2D eigenvalue weighted by Crippen LogP contribution is -1.99. The van der Waals surface area contributed by atoms with E-state index >= 15 is 0 Å². The third-order valence-corrected chi connectivity index (χ3v) is 2.58. The van der Waals surface area contributed by atoms with E-state index in [2.05, 4.69) is 9.63 Å². The summed E-state index contributed by atoms with van der Waals surface area (Å²) in [7, 11) is 0. The summed E-state index contributed by atoms with van der Waals surface area (Å²) in [5.41, 5.74) is 0. The van der Waals surface area contributed by atoms with E-state index in [1.165, 1.54) is 12.8 Å². The van der Waals surface area contributed by atoms with Crippen LogP contribution in [0, 0.1) is 0 Å². The van der Waals surface area contributed by atoms with E-state index in [-0.39, 0.29) is 0 Å². The number of hydrogen-bond acceptors (Lipinski definition) is 3. The van der Waals surface area contributed by atoms with Crippen molar-refractivity contribution in [1.82, 2.24) is 0 Å². The van der Waals surface area contributed by atoms with Crippen molar-refractivity contribution in [3.8, 4) is 0 Å². The molecule has 0 atom stereocenters. The Hall–Kier alpha value is -0.0500. The summed E-state index contributed by atoms with van der Waals surface area (Å²) in [6, 6.07) is 0. The van der Waals surface area contributed by atoms with Crippen molar-refractivity contribution in [2.24, 2.45) is 9.63 Å². The molecule has 1 spiro atoms. The molecule has 38 valence electrons. The Morgan fingerprint density at radius 3 is 2.57 bits per heavy atom. The van der Waals surface area contributed by atoms with Crippen LogP contribution >= 0.6 is 11.9 Å². The normalized spacial score (nSPS) is 32.0. The second kappa shape index (κ2) is 1.02. The van der Waals surface area contributed by atoms with Crippen molar-refractivity contribution in [2.75, 3.05) is 6.54 Å². The van der Waals surface area contributed by atoms with Crippen LogP contribution in [0.4, 0.5) is 0 Å². The van der Waals surface area contributed by atoms with Crippen LogP contribution in [0.15, 0.2) is 9.63 Å². The van der Waals surface area contributed by atoms with E-state index in [1.54, 1.807) is 11.9 Å². The summed E-state index contributed by atoms with van der Waals surface area (Å²) in [6.07, 6.45) is 2.68. The summed E-state index contributed by atoms with van der Waals surface area (Å²) in [4.78, 5) is 0. The second-order valence-corrected chi connectivity index (χ2v) is 3.37. The van der Waals surface area contributed by atoms with Crippen LogP contribution in [0.3, 0.4) is 0 Å². The zero-order chi connectivity index (χ0) is 4.74. The smallest absolute Gasteiger partial charge is 0.0775 e. The monoisotopic (exact) mass is 114 g/mol. The lowest BCUT2D eigenvalue weighted by molar-refractivity contribution is 0.906. The summed E-state index contributed by atoms with van der Waals surface area (Å²) in [5.74, 6) is 0. The molecule has 0 unspecified atom stereocenters. The quantitative estimate of drug-likeness (QED) is 0.439. The molecule has 0 aromatic carbocycles. The highest BCUT2D eigenvalue weighted by atomic mass is 32.2. The van der Waals surface area contributed by atoms with Crippen LogP contribution in [0.25, 0.3) is 0 Å². The molecule has 2 rings (SSSR count). The van der Waals surface area contributed by atoms with Gasteiger partial charge in [0.05, 0.1) is 11.3 Å². The van der Waals surface area contributed by atoms with Gasteiger partial charge in [-0.25, -0.2) is 0 Å². The molecule has 0 aromatic heterocycles. The molecule has 1 heterocycles. The average Bonchev–Trinajstić information content (AvgIpc) is 2.15. The van der Waals surface area contributed by atoms with Gasteiger partial charge in [0.15, 0.2) is 0 Å². The van der Waals surface area contributed by atoms with E-state index < -0.39 is 0 Å². The maximum atomic E-state index is 3.89. The zero-order valence-electron chi connectivity index (χ0n) is 3.92. The third-order valence-electron chi connectivity index (χ3n) is 1.46. The van der Waals surface area contributed by atoms with Gasteiger partial charge in [0.1, 0.15) is 0 Å². The number of nitrogens with zero attached hydrogens (tertiary/aromatic N) is 2. The predicted molar refractivity (Wildman–Crippen MR) is 29.3 cm³/mol. The van der Waals surface area contributed by atoms with Crippen LogP contribution in [0.2, 0.25) is 0 Å². The predicted octanol–water partition coefficient (Wildman–Crippen LogP) is 1.63. The minimum atomic E-state index is 0.528. The highest BCUT2D eigenvalue weighted by Crippen LogP contribution is 2.52. The lowest BCUT2D eigenvalue weighted by Gasteiger charge is -1.92. The fraction of sp³-hybridized carbons (Fsp3) is 1.00. The maximum absolute atomic E-state index is 3.89. The first-order valence-corrected chi connectivity index (χ1v) is 3.24. The van der Waals surface area contributed by atoms with Gasteiger partial charge in [-0.15, -0.1) is 4.52 Å². The zero-order valence-corrected chi connectivity index (χ0v) is 4.74. The van der Waals surface area contributed by atoms with Crippen molar-refractivity contribution >= 4 is 11.9 Å². The molecule has 2 nitrogen and oxygen atoms in total. The molecule has 1 aliphatic heterocycles. The largest absolute Gasteiger partial charge is 0.180 e. The molecule has 0 amide bonds. The van der Waals surface area contributed by atoms with Crippen LogP contribution in [0.5, 0.6) is 0 Å². The Morgan fingerprint density at radius 1 is 1.43 bits per heavy atom. The molecule has 1 saturated carbocycles. The molecule has 1 aliphatic carbocycles. The van der Waals surface area contributed by atoms with E-state index in [1.807, 2.05) is 0 Å². The van der Waals surface area contributed by atoms with Crippen molar-refractivity contribution in [3.63, 3.8) is 0 Å². The fourth-order valence-electron chi connectivity index (χ4n) is 0.691. The summed E-state index contributed by atoms with van der Waals surface area (Å²) < 4.78 is 4.37. The van der Waals surface area contributed by atoms with Gasteiger partial charge < -0.3 is 0 Å². The minimum Gasteiger partial charge on any atom is -0.180 e. The van der Waals surface area contributed by atoms with Gasteiger partial charge in [-0.05, 0) is 12.8 Å². The van der Waals surface area contributed by atoms with Gasteiger partial charge in [-0.2, -0.15) is 5.11 Å². The molecule has 0 radical (unpaired) electrons. The van der Waals surface area contributed by atoms with Crippen molar-refractivity contribution in [1.29, 1.82) is 0 Å². The van der Waals surface area contributed by atoms with Gasteiger partial charge in [0.25, 0.3) is 0 Å². The molecule has 0 aromatic rings. The Labute approximate surface area is 46.5 Å². The van der Waals surface area contributed by atoms with Gasteiger partial charge in [0, 0.05) is 11.9 Å². The van der Waals surface area contributed by atoms with E-state index in [9.17, 15) is 0 Å². The standard InChI is InChI=1S/C4H6N2S/c1-2-4(1)3-5-6-7-4/h1-3H2. The molecular formula is C4H6N2S. The second-order valence-electron chi connectivity index (χ2n) is 2.16. The van der Waals surface area contributed by atoms with Gasteiger partial charge in [-0.3, -0.25) is 0 Å². The SMILES string of the molecule is C1CC12CN=NS2. The Kier molecular flexibility index (Phi) is 0.568. The lowest BCUT2D eigenvalue weighted by atomic mass is 10.4. The van der Waals surface area contributed by atoms with Crippen LogP contribution < -0.4 is 0 Å². The third kappa shape index (κ3) is 0.477. The van der Waals surface area contributed by atoms with Crippen LogP contribution in [-0.4, -0.2) is 11.3 Å². The number of hydrogen-bond donors (Lipinski definition) is 0. The highest BCUT2D eigenvalue weighted by molar-refractivity contribution is 7.99. The molecule has 3 heteroatoms. The molecule has 0 bridgehead atoms. The molecule has 7 heavy (non-hydrogen) atoms. The van der Waals surface area contributed by atoms with Gasteiger partial charge in [0.2, 0.25) is 0 Å². The van der Waals surface area contributed by atoms with Crippen LogP contribution in [-0.2, 0) is 0 Å². The van der Waals surface area contributed by atoms with Crippen molar-refractivity contribution in [2.45, 2.75) is 17.6 Å². The molecule has 0 N–H and O–H groups in total. The average molecular weight is 114 g/mol. The van der Waals surface area contributed by atoms with E-state index in [0.29, 0.717) is 4.75 Å². The molecule has 1 fully saturated rings. The maximum Gasteiger partial charge on any atom is 0.0775 e. The van der Waals surface area contributed by atoms with Crippen molar-refractivity contribution in [3.05, 3.63) is 0 Å². The molecule has 0 saturated heterocycles. The van der Waals surface area contributed by atoms with Gasteiger partial charge in [-0.1, -0.05) is 0 Å². The molecule has 2 aliphatic rings. The number of rotatable bonds is 0. The minimum absolute atomic E-state index is 0.528. The first kappa shape index (κ1) is 3.89. The molecular weight excluding hydrogens is 108 g/mol. The first-order chi connectivity index (χ1) is 3.41. The summed E-state index contributed by atoms with van der Waals surface area (Å²) >= 11 is 1.67. The van der Waals surface area contributed by atoms with E-state index in [4.69, 9.17) is 0 Å². The van der Waals surface area contributed by atoms with E-state index in [0.717, 1.165) is 6.54 Å². The fourth-order valence-corrected chi connectivity index (χ4v) is 1.38. The Balaban J connectivity index is 2.14. The Morgan fingerprint density at radius 2 is 2.29 bits per heavy atom. The topological polar surface area (TPSA) is 24.7 Å². The summed E-state index contributed by atoms with van der Waals surface area (Å²) in [5, 5.41) is 3.89. The highest BCUT2D eigenvalue weighted by Gasteiger charge is 2.46. The first-order valence-electron chi connectivity index (χ1n) is 2.46.